The van der Waals surface area contributed by atoms with Crippen LogP contribution in [-0.4, -0.2) is 14.1 Å². The minimum atomic E-state index is -0.0495. The average Bonchev–Trinajstić information content (AvgIpc) is 3.88. The van der Waals surface area contributed by atoms with Gasteiger partial charge in [-0.15, -0.1) is 42.7 Å². The minimum Gasteiger partial charge on any atom is -0.509 e. The van der Waals surface area contributed by atoms with E-state index >= 15 is 0 Å². The quantitative estimate of drug-likeness (QED) is 0.124. The molecule has 6 nitrogen and oxygen atoms in total. The number of aromatic nitrogens is 3. The van der Waals surface area contributed by atoms with Gasteiger partial charge in [0.1, 0.15) is 5.82 Å². The molecule has 0 aliphatic carbocycles. The van der Waals surface area contributed by atoms with Crippen LogP contribution in [-0.2, 0) is 31.3 Å². The van der Waals surface area contributed by atoms with E-state index in [4.69, 9.17) is 9.72 Å². The molecule has 1 aliphatic rings. The van der Waals surface area contributed by atoms with Crippen molar-refractivity contribution in [2.24, 2.45) is 0 Å². The third-order valence-corrected chi connectivity index (χ3v) is 10.2. The number of fused-ring (bicyclic) bond motifs is 5. The molecule has 0 amide bonds. The fraction of sp³-hybridized carbons (Fsp3) is 0.167. The summed E-state index contributed by atoms with van der Waals surface area (Å²) in [5, 5.41) is 2.20. The summed E-state index contributed by atoms with van der Waals surface area (Å²) in [6.45, 7) is 15.5. The van der Waals surface area contributed by atoms with Crippen molar-refractivity contribution >= 4 is 44.2 Å². The van der Waals surface area contributed by atoms with Gasteiger partial charge in [0.05, 0.1) is 11.0 Å². The third-order valence-electron chi connectivity index (χ3n) is 10.2. The van der Waals surface area contributed by atoms with Gasteiger partial charge in [-0.2, -0.15) is 12.1 Å². The Morgan fingerprint density at radius 1 is 0.582 bits per heavy atom. The van der Waals surface area contributed by atoms with Crippen molar-refractivity contribution in [3.63, 3.8) is 0 Å². The molecular weight excluding hydrogens is 769 g/mol. The van der Waals surface area contributed by atoms with Crippen LogP contribution in [0, 0.1) is 18.8 Å². The van der Waals surface area contributed by atoms with Gasteiger partial charge in [-0.1, -0.05) is 101 Å². The minimum absolute atomic E-state index is 0. The van der Waals surface area contributed by atoms with E-state index in [1.165, 1.54) is 11.1 Å². The Kier molecular flexibility index (Phi) is 9.20. The second-order valence-corrected chi connectivity index (χ2v) is 16.0. The molecule has 0 fully saturated rings. The fourth-order valence-electron chi connectivity index (χ4n) is 7.33. The molecule has 7 heteroatoms. The summed E-state index contributed by atoms with van der Waals surface area (Å²) >= 11 is 0. The van der Waals surface area contributed by atoms with Crippen LogP contribution in [0.1, 0.15) is 52.7 Å². The number of hydrogen-bond acceptors (Lipinski definition) is 4. The van der Waals surface area contributed by atoms with E-state index in [1.807, 2.05) is 36.7 Å². The van der Waals surface area contributed by atoms with Crippen LogP contribution in [0.15, 0.2) is 140 Å². The van der Waals surface area contributed by atoms with Crippen molar-refractivity contribution in [3.05, 3.63) is 170 Å². The summed E-state index contributed by atoms with van der Waals surface area (Å²) in [6, 6.07) is 49.4. The molecule has 0 saturated heterocycles. The summed E-state index contributed by atoms with van der Waals surface area (Å²) in [5.41, 5.74) is 9.82. The SMILES string of the molecule is CC(C)(C)c1cccc(N2C=CN(c3[c-]c(Oc4[c-]c5c(cc4)c4c(c6ccccc6n4-c4ccccc4)n5-c4cc(C(C)(C)C)ccn4)ccc3)[CH-]2)c1.[Pd]. The number of para-hydroxylation sites is 2. The number of ether oxygens (including phenoxy) is 1. The molecule has 0 atom stereocenters. The van der Waals surface area contributed by atoms with Crippen LogP contribution < -0.4 is 14.5 Å². The molecule has 8 aromatic rings. The Morgan fingerprint density at radius 3 is 2.05 bits per heavy atom. The van der Waals surface area contributed by atoms with E-state index in [2.05, 4.69) is 183 Å². The number of hydrogen-bond donors (Lipinski definition) is 0. The predicted molar refractivity (Wildman–Crippen MR) is 222 cm³/mol. The van der Waals surface area contributed by atoms with Crippen molar-refractivity contribution in [3.8, 4) is 23.0 Å². The van der Waals surface area contributed by atoms with Crippen molar-refractivity contribution < 1.29 is 25.2 Å². The Labute approximate surface area is 336 Å². The summed E-state index contributed by atoms with van der Waals surface area (Å²) in [6.07, 6.45) is 6.02. The first-order chi connectivity index (χ1) is 26.0. The van der Waals surface area contributed by atoms with Gasteiger partial charge in [0.25, 0.3) is 0 Å². The van der Waals surface area contributed by atoms with E-state index in [-0.39, 0.29) is 31.3 Å². The smallest absolute Gasteiger partial charge is 0.135 e. The van der Waals surface area contributed by atoms with Crippen LogP contribution in [0.5, 0.6) is 11.5 Å². The molecule has 0 bridgehead atoms. The zero-order valence-corrected chi connectivity index (χ0v) is 33.4. The molecule has 0 unspecified atom stereocenters. The first kappa shape index (κ1) is 36.4. The molecular formula is C48H42N5OPd-3. The molecule has 4 heterocycles. The molecule has 55 heavy (non-hydrogen) atoms. The second kappa shape index (κ2) is 13.9. The summed E-state index contributed by atoms with van der Waals surface area (Å²) in [5.74, 6) is 2.04. The zero-order valence-electron chi connectivity index (χ0n) is 31.8. The molecule has 278 valence electrons. The molecule has 9 rings (SSSR count). The van der Waals surface area contributed by atoms with E-state index < -0.39 is 0 Å². The van der Waals surface area contributed by atoms with Gasteiger partial charge in [-0.05, 0) is 76.8 Å². The maximum Gasteiger partial charge on any atom is 0.135 e. The van der Waals surface area contributed by atoms with Gasteiger partial charge in [-0.25, -0.2) is 4.98 Å². The number of pyridine rings is 1. The van der Waals surface area contributed by atoms with Crippen LogP contribution >= 0.6 is 0 Å². The van der Waals surface area contributed by atoms with Crippen molar-refractivity contribution in [2.75, 3.05) is 9.80 Å². The molecule has 0 N–H and O–H groups in total. The van der Waals surface area contributed by atoms with E-state index in [9.17, 15) is 0 Å². The molecule has 3 aromatic heterocycles. The van der Waals surface area contributed by atoms with Crippen molar-refractivity contribution in [2.45, 2.75) is 52.4 Å². The Hall–Kier alpha value is -5.61. The number of nitrogens with zero attached hydrogens (tertiary/aromatic N) is 5. The Morgan fingerprint density at radius 2 is 1.25 bits per heavy atom. The predicted octanol–water partition coefficient (Wildman–Crippen LogP) is 12.0. The number of rotatable bonds is 6. The van der Waals surface area contributed by atoms with Crippen LogP contribution in [0.3, 0.4) is 0 Å². The monoisotopic (exact) mass is 810 g/mol. The second-order valence-electron chi connectivity index (χ2n) is 16.0. The largest absolute Gasteiger partial charge is 0.509 e. The van der Waals surface area contributed by atoms with Crippen LogP contribution in [0.2, 0.25) is 0 Å². The molecule has 0 radical (unpaired) electrons. The fourth-order valence-corrected chi connectivity index (χ4v) is 7.33. The maximum absolute atomic E-state index is 6.57. The molecule has 1 aliphatic heterocycles. The van der Waals surface area contributed by atoms with E-state index in [1.54, 1.807) is 0 Å². The third kappa shape index (κ3) is 6.62. The average molecular weight is 811 g/mol. The first-order valence-corrected chi connectivity index (χ1v) is 18.5. The Bertz CT molecular complexity index is 2710. The van der Waals surface area contributed by atoms with Gasteiger partial charge in [-0.3, -0.25) is 0 Å². The summed E-state index contributed by atoms with van der Waals surface area (Å²) in [7, 11) is 0. The summed E-state index contributed by atoms with van der Waals surface area (Å²) < 4.78 is 11.2. The normalized spacial score (nSPS) is 13.3. The van der Waals surface area contributed by atoms with E-state index in [0.717, 1.165) is 55.7 Å². The van der Waals surface area contributed by atoms with Crippen molar-refractivity contribution in [1.82, 2.24) is 14.1 Å². The van der Waals surface area contributed by atoms with Gasteiger partial charge in [0.2, 0.25) is 0 Å². The standard InChI is InChI=1S/C48H42N5O.Pd/c1-47(2,3)33-14-12-17-36(28-33)50-26-27-51(32-50)37-18-13-19-38(30-37)54-39-22-23-41-43(31-39)53(44-29-34(24-25-49-44)48(4,5)6)46-40-20-10-11-21-42(40)52(45(41)46)35-15-8-7-9-16-35;/h7-29,32H,1-6H3;/q-3;. The molecule has 5 aromatic carbocycles. The van der Waals surface area contributed by atoms with Gasteiger partial charge >= 0.3 is 0 Å². The van der Waals surface area contributed by atoms with Gasteiger partial charge < -0.3 is 23.7 Å². The van der Waals surface area contributed by atoms with Crippen LogP contribution in [0.25, 0.3) is 44.3 Å². The molecule has 0 spiro atoms. The van der Waals surface area contributed by atoms with Gasteiger partial charge in [0, 0.05) is 60.4 Å². The maximum atomic E-state index is 6.57. The number of benzene rings is 5. The first-order valence-electron chi connectivity index (χ1n) is 18.5. The van der Waals surface area contributed by atoms with Crippen molar-refractivity contribution in [1.29, 1.82) is 0 Å². The Balaban J connectivity index is 0.00000427. The summed E-state index contributed by atoms with van der Waals surface area (Å²) in [4.78, 5) is 9.15. The number of anilines is 2. The molecule has 0 saturated carbocycles. The zero-order chi connectivity index (χ0) is 37.2. The van der Waals surface area contributed by atoms with Gasteiger partial charge in [0.15, 0.2) is 0 Å². The van der Waals surface area contributed by atoms with Crippen LogP contribution in [0.4, 0.5) is 11.4 Å². The topological polar surface area (TPSA) is 38.5 Å². The van der Waals surface area contributed by atoms with E-state index in [0.29, 0.717) is 11.5 Å².